The summed E-state index contributed by atoms with van der Waals surface area (Å²) in [6.45, 7) is 3.49. The number of H-pyrrole nitrogens is 1. The van der Waals surface area contributed by atoms with Gasteiger partial charge in [0.15, 0.2) is 0 Å². The number of thioether (sulfide) groups is 1. The van der Waals surface area contributed by atoms with E-state index in [0.717, 1.165) is 11.8 Å². The van der Waals surface area contributed by atoms with Crippen LogP contribution in [0.15, 0.2) is 50.7 Å². The second kappa shape index (κ2) is 9.19. The summed E-state index contributed by atoms with van der Waals surface area (Å²) in [7, 11) is 0. The number of hydrogen-bond donors (Lipinski definition) is 1. The molecule has 0 amide bonds. The number of pyridine rings is 1. The number of rotatable bonds is 7. The Kier molecular flexibility index (Phi) is 6.44. The maximum atomic E-state index is 12.8. The number of hydrogen-bond acceptors (Lipinski definition) is 8. The number of nitrogens with one attached hydrogen (secondary N) is 1. The molecular formula is C20H17N4O5S+. The van der Waals surface area contributed by atoms with Gasteiger partial charge in [-0.2, -0.15) is 5.26 Å². The molecule has 0 aliphatic carbocycles. The van der Waals surface area contributed by atoms with Crippen LogP contribution < -0.4 is 10.3 Å². The van der Waals surface area contributed by atoms with E-state index in [0.29, 0.717) is 11.4 Å². The van der Waals surface area contributed by atoms with Crippen molar-refractivity contribution in [1.82, 2.24) is 10.3 Å². The van der Waals surface area contributed by atoms with Crippen LogP contribution in [0, 0.1) is 18.3 Å². The number of aromatic amines is 1. The van der Waals surface area contributed by atoms with Crippen LogP contribution in [0.2, 0.25) is 0 Å². The van der Waals surface area contributed by atoms with Gasteiger partial charge in [-0.05, 0) is 29.9 Å². The maximum absolute atomic E-state index is 12.8. The van der Waals surface area contributed by atoms with Crippen molar-refractivity contribution in [3.63, 3.8) is 0 Å². The molecule has 2 aromatic heterocycles. The van der Waals surface area contributed by atoms with Crippen molar-refractivity contribution in [3.8, 4) is 11.8 Å². The molecule has 152 valence electrons. The van der Waals surface area contributed by atoms with Crippen molar-refractivity contribution in [3.05, 3.63) is 69.3 Å². The minimum absolute atomic E-state index is 0.0221. The van der Waals surface area contributed by atoms with Gasteiger partial charge in [-0.1, -0.05) is 30.0 Å². The Hall–Kier alpha value is -3.71. The molecule has 0 aliphatic heterocycles. The topological polar surface area (TPSA) is 130 Å². The van der Waals surface area contributed by atoms with Gasteiger partial charge in [0.1, 0.15) is 11.1 Å². The number of nitriles is 1. The van der Waals surface area contributed by atoms with Gasteiger partial charge < -0.3 is 4.74 Å². The lowest BCUT2D eigenvalue weighted by molar-refractivity contribution is -0.672. The molecule has 0 fully saturated rings. The molecule has 30 heavy (non-hydrogen) atoms. The van der Waals surface area contributed by atoms with Crippen LogP contribution in [0.5, 0.6) is 0 Å². The zero-order valence-electron chi connectivity index (χ0n) is 16.2. The first kappa shape index (κ1) is 21.0. The highest BCUT2D eigenvalue weighted by Crippen LogP contribution is 2.25. The molecule has 0 atom stereocenters. The molecule has 0 saturated carbocycles. The lowest BCUT2D eigenvalue weighted by Crippen LogP contribution is -2.41. The fraction of sp³-hybridized carbons (Fsp3) is 0.200. The molecule has 0 unspecified atom stereocenters. The fourth-order valence-corrected chi connectivity index (χ4v) is 3.61. The number of Topliss-reactive ketones (excluding diaryl/α,β-unsaturated/α-hetero) is 1. The smallest absolute Gasteiger partial charge is 0.438 e. The SMILES string of the molecule is CCOC(=O)c1cc(C)nc(SCC(=O)c2c(=O)o[nH][n+]2-c2ccccc2)c1C#N. The predicted octanol–water partition coefficient (Wildman–Crippen LogP) is 1.97. The number of carbonyl (C=O) groups excluding carboxylic acids is 2. The second-order valence-corrected chi connectivity index (χ2v) is 7.00. The molecule has 0 saturated heterocycles. The zero-order valence-corrected chi connectivity index (χ0v) is 17.0. The lowest BCUT2D eigenvalue weighted by atomic mass is 10.1. The Labute approximate surface area is 175 Å². The number of para-hydroxylation sites is 1. The molecule has 2 heterocycles. The van der Waals surface area contributed by atoms with Crippen molar-refractivity contribution < 1.29 is 23.5 Å². The van der Waals surface area contributed by atoms with Gasteiger partial charge >= 0.3 is 17.3 Å². The fourth-order valence-electron chi connectivity index (χ4n) is 2.70. The Bertz CT molecular complexity index is 1190. The van der Waals surface area contributed by atoms with E-state index in [1.165, 1.54) is 10.7 Å². The molecule has 1 N–H and O–H groups in total. The molecule has 0 aliphatic rings. The predicted molar refractivity (Wildman–Crippen MR) is 106 cm³/mol. The van der Waals surface area contributed by atoms with E-state index in [4.69, 9.17) is 9.26 Å². The Balaban J connectivity index is 1.90. The number of aromatic nitrogens is 3. The third kappa shape index (κ3) is 4.31. The number of nitrogens with zero attached hydrogens (tertiary/aromatic N) is 3. The van der Waals surface area contributed by atoms with Crippen molar-refractivity contribution in [2.75, 3.05) is 12.4 Å². The molecular weight excluding hydrogens is 408 g/mol. The Morgan fingerprint density at radius 3 is 2.73 bits per heavy atom. The highest BCUT2D eigenvalue weighted by molar-refractivity contribution is 8.00. The molecule has 0 bridgehead atoms. The van der Waals surface area contributed by atoms with Crippen LogP contribution in [0.1, 0.15) is 39.0 Å². The quantitative estimate of drug-likeness (QED) is 0.263. The number of ketones is 1. The monoisotopic (exact) mass is 425 g/mol. The molecule has 10 heteroatoms. The van der Waals surface area contributed by atoms with Crippen LogP contribution in [0.3, 0.4) is 0 Å². The van der Waals surface area contributed by atoms with Crippen LogP contribution in [-0.2, 0) is 4.74 Å². The van der Waals surface area contributed by atoms with E-state index in [-0.39, 0.29) is 34.2 Å². The van der Waals surface area contributed by atoms with Gasteiger partial charge in [0.05, 0.1) is 23.5 Å². The number of esters is 1. The Morgan fingerprint density at radius 1 is 1.33 bits per heavy atom. The first-order valence-electron chi connectivity index (χ1n) is 8.90. The van der Waals surface area contributed by atoms with Crippen molar-refractivity contribution in [2.24, 2.45) is 0 Å². The van der Waals surface area contributed by atoms with Gasteiger partial charge in [-0.25, -0.2) is 14.6 Å². The molecule has 1 aromatic carbocycles. The average molecular weight is 425 g/mol. The average Bonchev–Trinajstić information content (AvgIpc) is 3.13. The number of ether oxygens (including phenoxy) is 1. The molecule has 0 radical (unpaired) electrons. The van der Waals surface area contributed by atoms with Gasteiger partial charge in [0.2, 0.25) is 11.5 Å². The molecule has 0 spiro atoms. The number of carbonyl (C=O) groups is 2. The summed E-state index contributed by atoms with van der Waals surface area (Å²) in [6.07, 6.45) is 0. The van der Waals surface area contributed by atoms with Gasteiger partial charge in [-0.15, -0.1) is 0 Å². The van der Waals surface area contributed by atoms with E-state index < -0.39 is 17.4 Å². The Morgan fingerprint density at radius 2 is 2.07 bits per heavy atom. The normalized spacial score (nSPS) is 10.4. The van der Waals surface area contributed by atoms with Crippen LogP contribution in [-0.4, -0.2) is 34.4 Å². The number of aryl methyl sites for hydroxylation is 1. The van der Waals surface area contributed by atoms with E-state index in [1.807, 2.05) is 6.07 Å². The molecule has 3 rings (SSSR count). The van der Waals surface area contributed by atoms with E-state index >= 15 is 0 Å². The van der Waals surface area contributed by atoms with Crippen molar-refractivity contribution in [1.29, 1.82) is 5.26 Å². The van der Waals surface area contributed by atoms with Crippen LogP contribution >= 0.6 is 11.8 Å². The molecule has 9 nitrogen and oxygen atoms in total. The first-order chi connectivity index (χ1) is 14.5. The summed E-state index contributed by atoms with van der Waals surface area (Å²) in [6, 6.07) is 12.1. The highest BCUT2D eigenvalue weighted by atomic mass is 32.2. The highest BCUT2D eigenvalue weighted by Gasteiger charge is 2.31. The van der Waals surface area contributed by atoms with Crippen molar-refractivity contribution in [2.45, 2.75) is 18.9 Å². The van der Waals surface area contributed by atoms with E-state index in [9.17, 15) is 19.6 Å². The van der Waals surface area contributed by atoms with Crippen LogP contribution in [0.25, 0.3) is 5.69 Å². The summed E-state index contributed by atoms with van der Waals surface area (Å²) < 4.78 is 11.0. The van der Waals surface area contributed by atoms with Gasteiger partial charge in [0, 0.05) is 17.8 Å². The maximum Gasteiger partial charge on any atom is 0.438 e. The summed E-state index contributed by atoms with van der Waals surface area (Å²) in [5, 5.41) is 12.1. The van der Waals surface area contributed by atoms with Gasteiger partial charge in [-0.3, -0.25) is 9.32 Å². The van der Waals surface area contributed by atoms with Crippen LogP contribution in [0.4, 0.5) is 0 Å². The third-order valence-corrected chi connectivity index (χ3v) is 4.96. The summed E-state index contributed by atoms with van der Waals surface area (Å²) >= 11 is 0.956. The number of benzene rings is 1. The largest absolute Gasteiger partial charge is 0.462 e. The third-order valence-electron chi connectivity index (χ3n) is 3.99. The van der Waals surface area contributed by atoms with E-state index in [2.05, 4.69) is 10.3 Å². The lowest BCUT2D eigenvalue weighted by Gasteiger charge is -2.09. The first-order valence-corrected chi connectivity index (χ1v) is 9.88. The zero-order chi connectivity index (χ0) is 21.7. The van der Waals surface area contributed by atoms with Gasteiger partial charge in [0.25, 0.3) is 0 Å². The standard InChI is InChI=1S/C20H16N4O5S/c1-3-28-19(26)14-9-12(2)22-18(15(14)10-21)30-11-16(25)17-20(27)29-23-24(17)13-7-5-4-6-8-13/h4-9H,3,11H2,1-2H3/p+1. The van der Waals surface area contributed by atoms with Crippen molar-refractivity contribution >= 4 is 23.5 Å². The molecule has 3 aromatic rings. The minimum atomic E-state index is -0.811. The summed E-state index contributed by atoms with van der Waals surface area (Å²) in [5.41, 5.74) is 0.149. The summed E-state index contributed by atoms with van der Waals surface area (Å²) in [5.74, 6) is -1.35. The van der Waals surface area contributed by atoms with E-state index in [1.54, 1.807) is 44.2 Å². The second-order valence-electron chi connectivity index (χ2n) is 6.04. The minimum Gasteiger partial charge on any atom is -0.462 e. The summed E-state index contributed by atoms with van der Waals surface area (Å²) in [4.78, 5) is 41.3.